The molecule has 1 atom stereocenters. The van der Waals surface area contributed by atoms with Crippen LogP contribution in [0.25, 0.3) is 48.6 Å². The summed E-state index contributed by atoms with van der Waals surface area (Å²) in [4.78, 5) is 39.9. The number of rotatable bonds is 8. The molecule has 1 aliphatic carbocycles. The van der Waals surface area contributed by atoms with Gasteiger partial charge in [-0.05, 0) is 53.4 Å². The number of carbonyl (C=O) groups excluding carboxylic acids is 2. The molecule has 8 rings (SSSR count). The summed E-state index contributed by atoms with van der Waals surface area (Å²) in [6.45, 7) is 0.246. The molecule has 7 aromatic rings. The molecule has 1 unspecified atom stereocenters. The van der Waals surface area contributed by atoms with Crippen molar-refractivity contribution >= 4 is 50.2 Å². The number of anilines is 1. The minimum absolute atomic E-state index is 0.0703. The first-order chi connectivity index (χ1) is 24.6. The summed E-state index contributed by atoms with van der Waals surface area (Å²) in [6.07, 6.45) is -4.28. The maximum Gasteiger partial charge on any atom is 0.406 e. The summed E-state index contributed by atoms with van der Waals surface area (Å²) in [5, 5.41) is 0.665. The van der Waals surface area contributed by atoms with Gasteiger partial charge in [0.25, 0.3) is 0 Å². The fourth-order valence-electron chi connectivity index (χ4n) is 7.18. The van der Waals surface area contributed by atoms with Gasteiger partial charge in [0.1, 0.15) is 11.6 Å². The summed E-state index contributed by atoms with van der Waals surface area (Å²) < 4.78 is 44.4. The number of imidazole rings is 1. The first kappa shape index (κ1) is 32.4. The zero-order chi connectivity index (χ0) is 35.4. The number of hydrogen-bond donors (Lipinski definition) is 1. The van der Waals surface area contributed by atoms with Crippen LogP contribution in [0, 0.1) is 0 Å². The maximum absolute atomic E-state index is 15.1. The average Bonchev–Trinajstić information content (AvgIpc) is 3.81. The topological polar surface area (TPSA) is 94.1 Å². The Hall–Kier alpha value is -5.81. The van der Waals surface area contributed by atoms with Crippen LogP contribution in [-0.2, 0) is 4.79 Å². The van der Waals surface area contributed by atoms with Crippen molar-refractivity contribution in [3.05, 3.63) is 131 Å². The van der Waals surface area contributed by atoms with Gasteiger partial charge in [0.2, 0.25) is 11.9 Å². The SMILES string of the molecule is CCCN(CC(F)(F)F)C(=O)C1c2ccccc2-c2ccc(C(=O)c3ccccc3-c3nc4ccccc4s3)c(-n3c(N)nc4ccccc43)c21. The van der Waals surface area contributed by atoms with Crippen molar-refractivity contribution in [3.63, 3.8) is 0 Å². The van der Waals surface area contributed by atoms with Gasteiger partial charge in [0.05, 0.1) is 32.9 Å². The minimum Gasteiger partial charge on any atom is -0.369 e. The Balaban J connectivity index is 1.40. The van der Waals surface area contributed by atoms with E-state index in [0.717, 1.165) is 15.1 Å². The number of alkyl halides is 3. The van der Waals surface area contributed by atoms with Gasteiger partial charge in [-0.1, -0.05) is 85.8 Å². The van der Waals surface area contributed by atoms with E-state index in [-0.39, 0.29) is 23.8 Å². The molecule has 51 heavy (non-hydrogen) atoms. The van der Waals surface area contributed by atoms with E-state index in [1.165, 1.54) is 11.3 Å². The van der Waals surface area contributed by atoms with Crippen LogP contribution >= 0.6 is 11.3 Å². The van der Waals surface area contributed by atoms with Crippen molar-refractivity contribution in [3.8, 4) is 27.4 Å². The standard InChI is InChI=1S/C40H30F3N5O2S/c1-2-21-47(22-40(41,42)43)38(50)34-24-12-4-3-11-23(24)25-19-20-28(35(33(25)34)48-31-17-9-7-15-29(31)46-39(48)44)36(49)26-13-5-6-14-27(26)37-45-30-16-8-10-18-32(30)51-37/h3-20,34H,2,21-22H2,1H3,(H2,44,46). The van der Waals surface area contributed by atoms with E-state index in [1.54, 1.807) is 54.0 Å². The molecule has 254 valence electrons. The van der Waals surface area contributed by atoms with Crippen LogP contribution in [0.1, 0.15) is 46.3 Å². The van der Waals surface area contributed by atoms with E-state index in [1.807, 2.05) is 66.7 Å². The lowest BCUT2D eigenvalue weighted by Crippen LogP contribution is -2.42. The summed E-state index contributed by atoms with van der Waals surface area (Å²) in [5.41, 5.74) is 12.5. The van der Waals surface area contributed by atoms with Crippen molar-refractivity contribution in [1.82, 2.24) is 19.4 Å². The Bertz CT molecular complexity index is 2470. The van der Waals surface area contributed by atoms with Crippen LogP contribution in [-0.4, -0.2) is 50.4 Å². The Labute approximate surface area is 294 Å². The van der Waals surface area contributed by atoms with Gasteiger partial charge in [-0.3, -0.25) is 14.2 Å². The quantitative estimate of drug-likeness (QED) is 0.160. The summed E-state index contributed by atoms with van der Waals surface area (Å²) in [7, 11) is 0. The van der Waals surface area contributed by atoms with E-state index in [4.69, 9.17) is 10.7 Å². The summed E-state index contributed by atoms with van der Waals surface area (Å²) in [6, 6.07) is 32.9. The van der Waals surface area contributed by atoms with Crippen LogP contribution in [0.5, 0.6) is 0 Å². The highest BCUT2D eigenvalue weighted by atomic mass is 32.1. The molecule has 0 bridgehead atoms. The average molecular weight is 702 g/mol. The largest absolute Gasteiger partial charge is 0.406 e. The van der Waals surface area contributed by atoms with E-state index < -0.39 is 24.5 Å². The van der Waals surface area contributed by atoms with Crippen LogP contribution in [0.4, 0.5) is 19.1 Å². The van der Waals surface area contributed by atoms with Crippen molar-refractivity contribution in [2.75, 3.05) is 18.8 Å². The summed E-state index contributed by atoms with van der Waals surface area (Å²) >= 11 is 1.47. The second-order valence-electron chi connectivity index (χ2n) is 12.5. The third-order valence-electron chi connectivity index (χ3n) is 9.24. The fraction of sp³-hybridized carbons (Fsp3) is 0.150. The van der Waals surface area contributed by atoms with E-state index >= 15 is 4.79 Å². The maximum atomic E-state index is 15.1. The highest BCUT2D eigenvalue weighted by Gasteiger charge is 2.43. The molecule has 0 spiro atoms. The van der Waals surface area contributed by atoms with E-state index in [2.05, 4.69) is 4.98 Å². The normalized spacial score (nSPS) is 13.8. The molecule has 0 radical (unpaired) electrons. The minimum atomic E-state index is -4.61. The molecule has 0 aliphatic heterocycles. The molecule has 5 aromatic carbocycles. The van der Waals surface area contributed by atoms with Crippen LogP contribution in [0.15, 0.2) is 109 Å². The van der Waals surface area contributed by atoms with Crippen LogP contribution in [0.3, 0.4) is 0 Å². The number of nitrogens with zero attached hydrogens (tertiary/aromatic N) is 4. The number of nitrogens with two attached hydrogens (primary N) is 1. The molecule has 2 N–H and O–H groups in total. The highest BCUT2D eigenvalue weighted by Crippen LogP contribution is 2.50. The van der Waals surface area contributed by atoms with Gasteiger partial charge in [-0.15, -0.1) is 11.3 Å². The van der Waals surface area contributed by atoms with E-state index in [9.17, 15) is 18.0 Å². The van der Waals surface area contributed by atoms with Gasteiger partial charge >= 0.3 is 6.18 Å². The number of aromatic nitrogens is 3. The molecule has 0 saturated heterocycles. The lowest BCUT2D eigenvalue weighted by molar-refractivity contribution is -0.161. The second-order valence-corrected chi connectivity index (χ2v) is 13.5. The predicted molar refractivity (Wildman–Crippen MR) is 194 cm³/mol. The number of thiazole rings is 1. The number of hydrogen-bond acceptors (Lipinski definition) is 6. The molecule has 2 aromatic heterocycles. The number of halogens is 3. The Morgan fingerprint density at radius 1 is 0.804 bits per heavy atom. The lowest BCUT2D eigenvalue weighted by atomic mass is 9.88. The van der Waals surface area contributed by atoms with Crippen molar-refractivity contribution < 1.29 is 22.8 Å². The number of amides is 1. The molecule has 2 heterocycles. The van der Waals surface area contributed by atoms with Gasteiger partial charge in [-0.2, -0.15) is 13.2 Å². The monoisotopic (exact) mass is 701 g/mol. The second kappa shape index (κ2) is 12.5. The van der Waals surface area contributed by atoms with Gasteiger partial charge in [-0.25, -0.2) is 9.97 Å². The Morgan fingerprint density at radius 3 is 2.25 bits per heavy atom. The smallest absolute Gasteiger partial charge is 0.369 e. The van der Waals surface area contributed by atoms with Crippen molar-refractivity contribution in [2.24, 2.45) is 0 Å². The molecule has 11 heteroatoms. The Morgan fingerprint density at radius 2 is 1.49 bits per heavy atom. The fourth-order valence-corrected chi connectivity index (χ4v) is 8.19. The zero-order valence-electron chi connectivity index (χ0n) is 27.3. The predicted octanol–water partition coefficient (Wildman–Crippen LogP) is 9.03. The molecule has 0 saturated carbocycles. The van der Waals surface area contributed by atoms with E-state index in [0.29, 0.717) is 61.5 Å². The first-order valence-electron chi connectivity index (χ1n) is 16.5. The number of fused-ring (bicyclic) bond motifs is 5. The third kappa shape index (κ3) is 5.54. The molecular weight excluding hydrogens is 672 g/mol. The van der Waals surface area contributed by atoms with Crippen LogP contribution in [0.2, 0.25) is 0 Å². The number of carbonyl (C=O) groups is 2. The summed E-state index contributed by atoms with van der Waals surface area (Å²) in [5.74, 6) is -2.14. The molecular formula is C40H30F3N5O2S. The lowest BCUT2D eigenvalue weighted by Gasteiger charge is -2.28. The number of ketones is 1. The first-order valence-corrected chi connectivity index (χ1v) is 17.3. The number of para-hydroxylation sites is 3. The van der Waals surface area contributed by atoms with Gasteiger partial charge < -0.3 is 10.6 Å². The zero-order valence-corrected chi connectivity index (χ0v) is 28.1. The van der Waals surface area contributed by atoms with Crippen molar-refractivity contribution in [2.45, 2.75) is 25.4 Å². The number of benzene rings is 5. The Kier molecular flexibility index (Phi) is 7.94. The van der Waals surface area contributed by atoms with Gasteiger partial charge in [0.15, 0.2) is 5.78 Å². The third-order valence-corrected chi connectivity index (χ3v) is 10.3. The van der Waals surface area contributed by atoms with Gasteiger partial charge in [0, 0.05) is 28.8 Å². The highest BCUT2D eigenvalue weighted by molar-refractivity contribution is 7.21. The number of nitrogen functional groups attached to an aromatic ring is 1. The van der Waals surface area contributed by atoms with Crippen LogP contribution < -0.4 is 5.73 Å². The molecule has 1 amide bonds. The molecule has 7 nitrogen and oxygen atoms in total. The molecule has 0 fully saturated rings. The van der Waals surface area contributed by atoms with Crippen molar-refractivity contribution in [1.29, 1.82) is 0 Å². The molecule has 1 aliphatic rings.